The van der Waals surface area contributed by atoms with Gasteiger partial charge in [0, 0.05) is 36.7 Å². The molecule has 0 bridgehead atoms. The molecule has 22 heavy (non-hydrogen) atoms. The van der Waals surface area contributed by atoms with Gasteiger partial charge in [0.25, 0.3) is 0 Å². The van der Waals surface area contributed by atoms with E-state index in [1.807, 2.05) is 29.8 Å². The van der Waals surface area contributed by atoms with E-state index in [2.05, 4.69) is 22.5 Å². The third kappa shape index (κ3) is 3.05. The van der Waals surface area contributed by atoms with Crippen LogP contribution >= 0.6 is 0 Å². The summed E-state index contributed by atoms with van der Waals surface area (Å²) in [7, 11) is 0. The van der Waals surface area contributed by atoms with Crippen LogP contribution in [-0.2, 0) is 0 Å². The molecule has 3 rings (SSSR count). The molecule has 116 valence electrons. The normalized spacial score (nSPS) is 15.8. The molecule has 0 atom stereocenters. The van der Waals surface area contributed by atoms with Gasteiger partial charge in [-0.1, -0.05) is 6.07 Å². The first kappa shape index (κ1) is 14.4. The number of aryl methyl sites for hydroxylation is 1. The van der Waals surface area contributed by atoms with Gasteiger partial charge >= 0.3 is 6.03 Å². The fraction of sp³-hybridized carbons (Fsp3) is 0.375. The third-order valence-corrected chi connectivity index (χ3v) is 4.10. The summed E-state index contributed by atoms with van der Waals surface area (Å²) in [6.07, 6.45) is 3.62. The van der Waals surface area contributed by atoms with Gasteiger partial charge in [-0.05, 0) is 44.0 Å². The number of piperidine rings is 1. The second kappa shape index (κ2) is 6.09. The molecule has 0 saturated carbocycles. The minimum absolute atomic E-state index is 0.324. The largest absolute Gasteiger partial charge is 0.382 e. The highest BCUT2D eigenvalue weighted by Gasteiger charge is 2.21. The Hall–Kier alpha value is -2.50. The van der Waals surface area contributed by atoms with Gasteiger partial charge in [0.05, 0.1) is 5.69 Å². The smallest absolute Gasteiger partial charge is 0.314 e. The van der Waals surface area contributed by atoms with Crippen LogP contribution in [0.5, 0.6) is 0 Å². The van der Waals surface area contributed by atoms with Gasteiger partial charge in [-0.3, -0.25) is 0 Å². The molecule has 6 nitrogen and oxygen atoms in total. The molecular weight excluding hydrogens is 278 g/mol. The molecule has 1 aliphatic heterocycles. The molecule has 1 saturated heterocycles. The predicted octanol–water partition coefficient (Wildman–Crippen LogP) is 2.14. The van der Waals surface area contributed by atoms with E-state index >= 15 is 0 Å². The van der Waals surface area contributed by atoms with Crippen LogP contribution in [-0.4, -0.2) is 39.8 Å². The van der Waals surface area contributed by atoms with Crippen molar-refractivity contribution in [3.05, 3.63) is 42.2 Å². The fourth-order valence-corrected chi connectivity index (χ4v) is 2.85. The lowest BCUT2D eigenvalue weighted by Crippen LogP contribution is -2.44. The van der Waals surface area contributed by atoms with Gasteiger partial charge in [0.2, 0.25) is 0 Å². The van der Waals surface area contributed by atoms with Gasteiger partial charge in [0.1, 0.15) is 0 Å². The van der Waals surface area contributed by atoms with Crippen LogP contribution in [0.1, 0.15) is 18.5 Å². The SMILES string of the molecule is Cc1ccnn1-c1cccc(NC2CCN(C(N)=O)CC2)c1. The maximum Gasteiger partial charge on any atom is 0.314 e. The number of carbonyl (C=O) groups excluding carboxylic acids is 1. The van der Waals surface area contributed by atoms with Crippen LogP contribution in [0.3, 0.4) is 0 Å². The number of carbonyl (C=O) groups is 1. The van der Waals surface area contributed by atoms with Gasteiger partial charge in [-0.2, -0.15) is 5.10 Å². The average molecular weight is 299 g/mol. The summed E-state index contributed by atoms with van der Waals surface area (Å²) in [4.78, 5) is 12.8. The summed E-state index contributed by atoms with van der Waals surface area (Å²) in [6, 6.07) is 10.3. The maximum absolute atomic E-state index is 11.1. The number of benzene rings is 1. The molecule has 2 aromatic rings. The highest BCUT2D eigenvalue weighted by Crippen LogP contribution is 2.20. The Kier molecular flexibility index (Phi) is 4.00. The molecule has 2 heterocycles. The summed E-state index contributed by atoms with van der Waals surface area (Å²) in [5.74, 6) is 0. The molecule has 0 spiro atoms. The first-order chi connectivity index (χ1) is 10.6. The lowest BCUT2D eigenvalue weighted by atomic mass is 10.0. The zero-order valence-electron chi connectivity index (χ0n) is 12.7. The van der Waals surface area contributed by atoms with Crippen molar-refractivity contribution in [2.24, 2.45) is 5.73 Å². The molecule has 6 heteroatoms. The number of hydrogen-bond acceptors (Lipinski definition) is 3. The van der Waals surface area contributed by atoms with Crippen LogP contribution in [0.15, 0.2) is 36.5 Å². The number of primary amides is 1. The van der Waals surface area contributed by atoms with Gasteiger partial charge in [-0.15, -0.1) is 0 Å². The molecule has 3 N–H and O–H groups in total. The molecular formula is C16H21N5O. The molecule has 1 fully saturated rings. The van der Waals surface area contributed by atoms with Crippen LogP contribution in [0.2, 0.25) is 0 Å². The van der Waals surface area contributed by atoms with Crippen molar-refractivity contribution in [1.82, 2.24) is 14.7 Å². The first-order valence-electron chi connectivity index (χ1n) is 7.55. The van der Waals surface area contributed by atoms with Crippen molar-refractivity contribution in [2.75, 3.05) is 18.4 Å². The molecule has 0 radical (unpaired) electrons. The molecule has 2 amide bonds. The Bertz CT molecular complexity index is 658. The predicted molar refractivity (Wildman–Crippen MR) is 86.1 cm³/mol. The highest BCUT2D eigenvalue weighted by atomic mass is 16.2. The van der Waals surface area contributed by atoms with Crippen molar-refractivity contribution >= 4 is 11.7 Å². The van der Waals surface area contributed by atoms with Crippen molar-refractivity contribution < 1.29 is 4.79 Å². The summed E-state index contributed by atoms with van der Waals surface area (Å²) in [5.41, 5.74) is 8.53. The van der Waals surface area contributed by atoms with E-state index < -0.39 is 0 Å². The van der Waals surface area contributed by atoms with Crippen molar-refractivity contribution in [3.63, 3.8) is 0 Å². The lowest BCUT2D eigenvalue weighted by Gasteiger charge is -2.31. The fourth-order valence-electron chi connectivity index (χ4n) is 2.85. The Morgan fingerprint density at radius 2 is 2.09 bits per heavy atom. The Morgan fingerprint density at radius 1 is 1.32 bits per heavy atom. The number of anilines is 1. The number of urea groups is 1. The molecule has 0 unspecified atom stereocenters. The summed E-state index contributed by atoms with van der Waals surface area (Å²) < 4.78 is 1.92. The van der Waals surface area contributed by atoms with Crippen molar-refractivity contribution in [2.45, 2.75) is 25.8 Å². The Labute approximate surface area is 129 Å². The molecule has 1 aliphatic rings. The zero-order valence-corrected chi connectivity index (χ0v) is 12.7. The number of likely N-dealkylation sites (tertiary alicyclic amines) is 1. The molecule has 1 aromatic heterocycles. The van der Waals surface area contributed by atoms with E-state index in [1.165, 1.54) is 0 Å². The number of nitrogens with one attached hydrogen (secondary N) is 1. The van der Waals surface area contributed by atoms with Crippen LogP contribution in [0.25, 0.3) is 5.69 Å². The average Bonchev–Trinajstić information content (AvgIpc) is 2.94. The van der Waals surface area contributed by atoms with Crippen molar-refractivity contribution in [1.29, 1.82) is 0 Å². The first-order valence-corrected chi connectivity index (χ1v) is 7.55. The number of nitrogens with two attached hydrogens (primary N) is 1. The second-order valence-corrected chi connectivity index (χ2v) is 5.68. The Morgan fingerprint density at radius 3 is 2.73 bits per heavy atom. The van der Waals surface area contributed by atoms with E-state index in [-0.39, 0.29) is 6.03 Å². The summed E-state index contributed by atoms with van der Waals surface area (Å²) >= 11 is 0. The summed E-state index contributed by atoms with van der Waals surface area (Å²) in [5, 5.41) is 7.88. The zero-order chi connectivity index (χ0) is 15.5. The Balaban J connectivity index is 1.67. The number of aromatic nitrogens is 2. The standard InChI is InChI=1S/C16H21N5O/c1-12-5-8-18-21(12)15-4-2-3-14(11-15)19-13-6-9-20(10-7-13)16(17)22/h2-5,8,11,13,19H,6-7,9-10H2,1H3,(H2,17,22). The van der Waals surface area contributed by atoms with Crippen LogP contribution < -0.4 is 11.1 Å². The third-order valence-electron chi connectivity index (χ3n) is 4.10. The van der Waals surface area contributed by atoms with Crippen molar-refractivity contribution in [3.8, 4) is 5.69 Å². The van der Waals surface area contributed by atoms with Crippen LogP contribution in [0, 0.1) is 6.92 Å². The maximum atomic E-state index is 11.1. The second-order valence-electron chi connectivity index (χ2n) is 5.68. The molecule has 0 aliphatic carbocycles. The van der Waals surface area contributed by atoms with Crippen LogP contribution in [0.4, 0.5) is 10.5 Å². The number of amides is 2. The van der Waals surface area contributed by atoms with Gasteiger partial charge < -0.3 is 16.0 Å². The minimum atomic E-state index is -0.324. The van der Waals surface area contributed by atoms with E-state index in [0.717, 1.165) is 29.9 Å². The monoisotopic (exact) mass is 299 g/mol. The minimum Gasteiger partial charge on any atom is -0.382 e. The highest BCUT2D eigenvalue weighted by molar-refractivity contribution is 5.72. The van der Waals surface area contributed by atoms with E-state index in [4.69, 9.17) is 5.73 Å². The molecule has 1 aromatic carbocycles. The van der Waals surface area contributed by atoms with E-state index in [0.29, 0.717) is 19.1 Å². The quantitative estimate of drug-likeness (QED) is 0.911. The number of nitrogens with zero attached hydrogens (tertiary/aromatic N) is 3. The van der Waals surface area contributed by atoms with E-state index in [9.17, 15) is 4.79 Å². The lowest BCUT2D eigenvalue weighted by molar-refractivity contribution is 0.193. The number of hydrogen-bond donors (Lipinski definition) is 2. The number of rotatable bonds is 3. The van der Waals surface area contributed by atoms with Gasteiger partial charge in [0.15, 0.2) is 0 Å². The van der Waals surface area contributed by atoms with Gasteiger partial charge in [-0.25, -0.2) is 9.48 Å². The topological polar surface area (TPSA) is 76.2 Å². The van der Waals surface area contributed by atoms with E-state index in [1.54, 1.807) is 11.1 Å². The summed E-state index contributed by atoms with van der Waals surface area (Å²) in [6.45, 7) is 3.46.